The van der Waals surface area contributed by atoms with Crippen LogP contribution in [0.1, 0.15) is 18.1 Å². The monoisotopic (exact) mass is 300 g/mol. The molecule has 1 N–H and O–H groups in total. The van der Waals surface area contributed by atoms with Gasteiger partial charge in [0.1, 0.15) is 5.75 Å². The van der Waals surface area contributed by atoms with Crippen LogP contribution in [-0.4, -0.2) is 23.8 Å². The fraction of sp³-hybridized carbons (Fsp3) is 0.278. The first-order chi connectivity index (χ1) is 10.7. The Kier molecular flexibility index (Phi) is 5.98. The number of hydrogen-bond acceptors (Lipinski definition) is 3. The number of aliphatic carboxylic acids is 1. The number of ether oxygens (including phenoxy) is 2. The summed E-state index contributed by atoms with van der Waals surface area (Å²) in [5.41, 5.74) is 1.79. The molecule has 0 saturated carbocycles. The van der Waals surface area contributed by atoms with E-state index in [1.54, 1.807) is 0 Å². The summed E-state index contributed by atoms with van der Waals surface area (Å²) in [7, 11) is 0. The van der Waals surface area contributed by atoms with Crippen molar-refractivity contribution in [2.24, 2.45) is 0 Å². The van der Waals surface area contributed by atoms with Crippen molar-refractivity contribution in [2.75, 3.05) is 6.61 Å². The van der Waals surface area contributed by atoms with Gasteiger partial charge >= 0.3 is 5.97 Å². The molecule has 2 aromatic rings. The summed E-state index contributed by atoms with van der Waals surface area (Å²) in [6, 6.07) is 17.0. The summed E-state index contributed by atoms with van der Waals surface area (Å²) < 4.78 is 11.1. The number of para-hydroxylation sites is 1. The Labute approximate surface area is 130 Å². The molecule has 0 bridgehead atoms. The van der Waals surface area contributed by atoms with Crippen LogP contribution >= 0.6 is 0 Å². The second kappa shape index (κ2) is 8.20. The molecule has 0 aliphatic heterocycles. The molecule has 22 heavy (non-hydrogen) atoms. The van der Waals surface area contributed by atoms with E-state index >= 15 is 0 Å². The van der Waals surface area contributed by atoms with Crippen LogP contribution in [-0.2, 0) is 22.6 Å². The standard InChI is InChI=1S/C18H20O4/c1-2-21-16-11-7-6-10-15(16)12-17(18(19)20)22-13-14-8-4-3-5-9-14/h3-11,17H,2,12-13H2,1H3,(H,19,20)/t17-/m0/s1. The van der Waals surface area contributed by atoms with Crippen LogP contribution in [0.3, 0.4) is 0 Å². The Morgan fingerprint density at radius 2 is 1.77 bits per heavy atom. The maximum absolute atomic E-state index is 11.4. The molecule has 0 heterocycles. The lowest BCUT2D eigenvalue weighted by atomic mass is 10.1. The number of carboxylic acids is 1. The van der Waals surface area contributed by atoms with Gasteiger partial charge in [-0.05, 0) is 24.1 Å². The van der Waals surface area contributed by atoms with Gasteiger partial charge in [-0.15, -0.1) is 0 Å². The first-order valence-corrected chi connectivity index (χ1v) is 7.29. The van der Waals surface area contributed by atoms with Crippen molar-refractivity contribution >= 4 is 5.97 Å². The molecule has 0 saturated heterocycles. The number of rotatable bonds is 8. The van der Waals surface area contributed by atoms with Crippen LogP contribution < -0.4 is 4.74 Å². The van der Waals surface area contributed by atoms with E-state index in [1.165, 1.54) is 0 Å². The highest BCUT2D eigenvalue weighted by atomic mass is 16.5. The number of carbonyl (C=O) groups is 1. The number of benzene rings is 2. The van der Waals surface area contributed by atoms with E-state index in [4.69, 9.17) is 9.47 Å². The van der Waals surface area contributed by atoms with Crippen LogP contribution in [0.2, 0.25) is 0 Å². The van der Waals surface area contributed by atoms with Crippen molar-refractivity contribution in [1.29, 1.82) is 0 Å². The van der Waals surface area contributed by atoms with Crippen molar-refractivity contribution in [3.8, 4) is 5.75 Å². The van der Waals surface area contributed by atoms with E-state index in [2.05, 4.69) is 0 Å². The van der Waals surface area contributed by atoms with Crippen LogP contribution in [0.5, 0.6) is 5.75 Å². The van der Waals surface area contributed by atoms with Crippen molar-refractivity contribution < 1.29 is 19.4 Å². The van der Waals surface area contributed by atoms with Gasteiger partial charge in [0, 0.05) is 6.42 Å². The van der Waals surface area contributed by atoms with Gasteiger partial charge in [0.25, 0.3) is 0 Å². The lowest BCUT2D eigenvalue weighted by Gasteiger charge is -2.16. The minimum atomic E-state index is -0.970. The van der Waals surface area contributed by atoms with Crippen LogP contribution in [0.15, 0.2) is 54.6 Å². The molecule has 0 unspecified atom stereocenters. The van der Waals surface area contributed by atoms with Gasteiger partial charge in [-0.3, -0.25) is 0 Å². The second-order valence-corrected chi connectivity index (χ2v) is 4.87. The molecule has 0 aliphatic carbocycles. The third kappa shape index (κ3) is 4.60. The Morgan fingerprint density at radius 3 is 2.45 bits per heavy atom. The average molecular weight is 300 g/mol. The molecular formula is C18H20O4. The zero-order valence-electron chi connectivity index (χ0n) is 12.6. The summed E-state index contributed by atoms with van der Waals surface area (Å²) in [6.07, 6.45) is -0.625. The predicted octanol–water partition coefficient (Wildman–Crippen LogP) is 3.30. The van der Waals surface area contributed by atoms with Gasteiger partial charge in [0.2, 0.25) is 0 Å². The first-order valence-electron chi connectivity index (χ1n) is 7.29. The molecule has 4 nitrogen and oxygen atoms in total. The minimum absolute atomic E-state index is 0.272. The van der Waals surface area contributed by atoms with E-state index in [0.717, 1.165) is 11.1 Å². The molecule has 2 aromatic carbocycles. The van der Waals surface area contributed by atoms with Crippen molar-refractivity contribution in [2.45, 2.75) is 26.1 Å². The number of hydrogen-bond donors (Lipinski definition) is 1. The Bertz CT molecular complexity index is 595. The first kappa shape index (κ1) is 16.0. The van der Waals surface area contributed by atoms with Gasteiger partial charge in [0.05, 0.1) is 13.2 Å². The maximum Gasteiger partial charge on any atom is 0.333 e. The van der Waals surface area contributed by atoms with E-state index in [9.17, 15) is 9.90 Å². The lowest BCUT2D eigenvalue weighted by Crippen LogP contribution is -2.26. The largest absolute Gasteiger partial charge is 0.494 e. The van der Waals surface area contributed by atoms with Gasteiger partial charge in [-0.25, -0.2) is 4.79 Å². The van der Waals surface area contributed by atoms with E-state index in [-0.39, 0.29) is 13.0 Å². The van der Waals surface area contributed by atoms with E-state index in [0.29, 0.717) is 12.4 Å². The van der Waals surface area contributed by atoms with Gasteiger partial charge in [-0.2, -0.15) is 0 Å². The number of carboxylic acid groups (broad SMARTS) is 1. The topological polar surface area (TPSA) is 55.8 Å². The maximum atomic E-state index is 11.4. The molecule has 0 spiro atoms. The average Bonchev–Trinajstić information content (AvgIpc) is 2.54. The highest BCUT2D eigenvalue weighted by Gasteiger charge is 2.20. The molecule has 0 aliphatic rings. The van der Waals surface area contributed by atoms with Gasteiger partial charge in [0.15, 0.2) is 6.10 Å². The molecule has 1 atom stereocenters. The zero-order chi connectivity index (χ0) is 15.8. The SMILES string of the molecule is CCOc1ccccc1C[C@H](OCc1ccccc1)C(=O)O. The van der Waals surface area contributed by atoms with Crippen molar-refractivity contribution in [3.63, 3.8) is 0 Å². The fourth-order valence-corrected chi connectivity index (χ4v) is 2.16. The molecule has 0 radical (unpaired) electrons. The smallest absolute Gasteiger partial charge is 0.333 e. The van der Waals surface area contributed by atoms with Crippen LogP contribution in [0.25, 0.3) is 0 Å². The Morgan fingerprint density at radius 1 is 1.09 bits per heavy atom. The van der Waals surface area contributed by atoms with Gasteiger partial charge in [-0.1, -0.05) is 48.5 Å². The van der Waals surface area contributed by atoms with Crippen LogP contribution in [0.4, 0.5) is 0 Å². The quantitative estimate of drug-likeness (QED) is 0.812. The van der Waals surface area contributed by atoms with Gasteiger partial charge < -0.3 is 14.6 Å². The van der Waals surface area contributed by atoms with Crippen molar-refractivity contribution in [1.82, 2.24) is 0 Å². The molecule has 2 rings (SSSR count). The molecule has 4 heteroatoms. The van der Waals surface area contributed by atoms with Crippen LogP contribution in [0, 0.1) is 0 Å². The van der Waals surface area contributed by atoms with E-state index < -0.39 is 12.1 Å². The molecule has 0 amide bonds. The van der Waals surface area contributed by atoms with Crippen molar-refractivity contribution in [3.05, 3.63) is 65.7 Å². The summed E-state index contributed by atoms with van der Waals surface area (Å²) in [5.74, 6) is -0.262. The Balaban J connectivity index is 2.04. The molecule has 116 valence electrons. The summed E-state index contributed by atoms with van der Waals surface area (Å²) >= 11 is 0. The normalized spacial score (nSPS) is 11.9. The lowest BCUT2D eigenvalue weighted by molar-refractivity contribution is -0.151. The molecule has 0 fully saturated rings. The summed E-state index contributed by atoms with van der Waals surface area (Å²) in [4.78, 5) is 11.4. The highest BCUT2D eigenvalue weighted by molar-refractivity contribution is 5.73. The fourth-order valence-electron chi connectivity index (χ4n) is 2.16. The second-order valence-electron chi connectivity index (χ2n) is 4.87. The minimum Gasteiger partial charge on any atom is -0.494 e. The third-order valence-corrected chi connectivity index (χ3v) is 3.25. The summed E-state index contributed by atoms with van der Waals surface area (Å²) in [5, 5.41) is 9.37. The third-order valence-electron chi connectivity index (χ3n) is 3.25. The molecule has 0 aromatic heterocycles. The highest BCUT2D eigenvalue weighted by Crippen LogP contribution is 2.21. The van der Waals surface area contributed by atoms with E-state index in [1.807, 2.05) is 61.5 Å². The predicted molar refractivity (Wildman–Crippen MR) is 84.0 cm³/mol. The Hall–Kier alpha value is -2.33. The summed E-state index contributed by atoms with van der Waals surface area (Å²) in [6.45, 7) is 2.71. The molecular weight excluding hydrogens is 280 g/mol. The zero-order valence-corrected chi connectivity index (χ0v) is 12.6.